The van der Waals surface area contributed by atoms with Crippen LogP contribution in [0.25, 0.3) is 21.8 Å². The zero-order valence-corrected chi connectivity index (χ0v) is 16.0. The predicted molar refractivity (Wildman–Crippen MR) is 106 cm³/mol. The van der Waals surface area contributed by atoms with Gasteiger partial charge in [0.05, 0.1) is 40.3 Å². The van der Waals surface area contributed by atoms with Gasteiger partial charge in [-0.1, -0.05) is 6.07 Å². The molecule has 1 aliphatic carbocycles. The normalized spacial score (nSPS) is 15.5. The molecule has 0 radical (unpaired) electrons. The van der Waals surface area contributed by atoms with E-state index in [1.165, 1.54) is 0 Å². The van der Waals surface area contributed by atoms with E-state index in [4.69, 9.17) is 9.47 Å². The van der Waals surface area contributed by atoms with Crippen LogP contribution in [0.4, 0.5) is 0 Å². The van der Waals surface area contributed by atoms with E-state index in [0.29, 0.717) is 30.1 Å². The first-order chi connectivity index (χ1) is 13.6. The van der Waals surface area contributed by atoms with E-state index in [1.54, 1.807) is 0 Å². The number of aryl methyl sites for hydroxylation is 1. The third-order valence-corrected chi connectivity index (χ3v) is 5.58. The lowest BCUT2D eigenvalue weighted by Gasteiger charge is -2.11. The maximum absolute atomic E-state index is 12.7. The Balaban J connectivity index is 1.73. The van der Waals surface area contributed by atoms with Crippen molar-refractivity contribution in [3.8, 4) is 5.75 Å². The largest absolute Gasteiger partial charge is 0.490 e. The van der Waals surface area contributed by atoms with Gasteiger partial charge in [-0.15, -0.1) is 0 Å². The molecule has 1 aliphatic heterocycles. The minimum atomic E-state index is -0.321. The summed E-state index contributed by atoms with van der Waals surface area (Å²) in [5.41, 5.74) is 5.09. The number of H-pyrrole nitrogens is 1. The fourth-order valence-electron chi connectivity index (χ4n) is 4.52. The summed E-state index contributed by atoms with van der Waals surface area (Å²) in [5, 5.41) is 4.15. The molecule has 3 aromatic rings. The highest BCUT2D eigenvalue weighted by Crippen LogP contribution is 2.43. The minimum absolute atomic E-state index is 0.146. The highest BCUT2D eigenvalue weighted by atomic mass is 16.5. The van der Waals surface area contributed by atoms with Crippen LogP contribution in [-0.4, -0.2) is 36.1 Å². The highest BCUT2D eigenvalue weighted by Gasteiger charge is 2.37. The standard InChI is InChI=1S/C22H22N2O4/c1-11(2)27-9-10-28-15-8-4-7-14-17(15)18-19-16(21(25)24-22(19)26)12-5-3-6-13(12)20(18)23-14/h4,7-8,11,23H,3,5-6,9-10H2,1-2H3,(H,24,25,26). The van der Waals surface area contributed by atoms with E-state index in [-0.39, 0.29) is 17.9 Å². The van der Waals surface area contributed by atoms with Crippen molar-refractivity contribution in [2.45, 2.75) is 39.2 Å². The third kappa shape index (κ3) is 2.44. The van der Waals surface area contributed by atoms with Gasteiger partial charge in [0.25, 0.3) is 11.8 Å². The van der Waals surface area contributed by atoms with Gasteiger partial charge in [-0.3, -0.25) is 14.9 Å². The lowest BCUT2D eigenvalue weighted by molar-refractivity contribution is 0.0556. The van der Waals surface area contributed by atoms with Gasteiger partial charge in [0.1, 0.15) is 12.4 Å². The molecule has 6 heteroatoms. The Morgan fingerprint density at radius 2 is 1.79 bits per heavy atom. The van der Waals surface area contributed by atoms with Crippen LogP contribution < -0.4 is 10.1 Å². The smallest absolute Gasteiger partial charge is 0.259 e. The van der Waals surface area contributed by atoms with Crippen molar-refractivity contribution >= 4 is 33.6 Å². The first-order valence-corrected chi connectivity index (χ1v) is 9.78. The molecule has 2 heterocycles. The topological polar surface area (TPSA) is 80.4 Å². The molecule has 5 rings (SSSR count). The lowest BCUT2D eigenvalue weighted by atomic mass is 9.93. The van der Waals surface area contributed by atoms with Crippen LogP contribution in [0.5, 0.6) is 5.75 Å². The highest BCUT2D eigenvalue weighted by molar-refractivity contribution is 6.31. The number of hydrogen-bond donors (Lipinski definition) is 2. The number of amides is 2. The molecule has 28 heavy (non-hydrogen) atoms. The Hall–Kier alpha value is -2.86. The Morgan fingerprint density at radius 3 is 2.61 bits per heavy atom. The zero-order chi connectivity index (χ0) is 19.4. The summed E-state index contributed by atoms with van der Waals surface area (Å²) in [6.45, 7) is 4.88. The van der Waals surface area contributed by atoms with Gasteiger partial charge >= 0.3 is 0 Å². The number of nitrogens with one attached hydrogen (secondary N) is 2. The van der Waals surface area contributed by atoms with Crippen LogP contribution >= 0.6 is 0 Å². The van der Waals surface area contributed by atoms with Crippen molar-refractivity contribution in [3.63, 3.8) is 0 Å². The molecule has 2 aliphatic rings. The van der Waals surface area contributed by atoms with Gasteiger partial charge in [-0.25, -0.2) is 0 Å². The van der Waals surface area contributed by atoms with Gasteiger partial charge in [-0.2, -0.15) is 0 Å². The summed E-state index contributed by atoms with van der Waals surface area (Å²) in [6, 6.07) is 5.82. The molecule has 0 saturated carbocycles. The number of benzene rings is 2. The van der Waals surface area contributed by atoms with Crippen LogP contribution in [0.3, 0.4) is 0 Å². The second-order valence-electron chi connectivity index (χ2n) is 7.67. The van der Waals surface area contributed by atoms with E-state index < -0.39 is 0 Å². The van der Waals surface area contributed by atoms with E-state index in [2.05, 4.69) is 10.3 Å². The van der Waals surface area contributed by atoms with E-state index in [1.807, 2.05) is 32.0 Å². The van der Waals surface area contributed by atoms with Crippen molar-refractivity contribution in [2.24, 2.45) is 0 Å². The number of aromatic amines is 1. The fourth-order valence-corrected chi connectivity index (χ4v) is 4.52. The number of imide groups is 1. The van der Waals surface area contributed by atoms with E-state index in [0.717, 1.165) is 52.2 Å². The first-order valence-electron chi connectivity index (χ1n) is 9.78. The molecule has 144 valence electrons. The fraction of sp³-hybridized carbons (Fsp3) is 0.364. The number of carbonyl (C=O) groups is 2. The Bertz CT molecular complexity index is 1140. The number of ether oxygens (including phenoxy) is 2. The molecule has 0 fully saturated rings. The second kappa shape index (κ2) is 6.34. The van der Waals surface area contributed by atoms with Crippen LogP contribution in [0.1, 0.15) is 52.1 Å². The van der Waals surface area contributed by atoms with Crippen LogP contribution in [0.2, 0.25) is 0 Å². The predicted octanol–water partition coefficient (Wildman–Crippen LogP) is 3.50. The van der Waals surface area contributed by atoms with Crippen molar-refractivity contribution in [1.82, 2.24) is 10.3 Å². The number of fused-ring (bicyclic) bond motifs is 8. The van der Waals surface area contributed by atoms with Crippen molar-refractivity contribution < 1.29 is 19.1 Å². The molecule has 0 atom stereocenters. The molecule has 6 nitrogen and oxygen atoms in total. The lowest BCUT2D eigenvalue weighted by Crippen LogP contribution is -2.20. The Kier molecular flexibility index (Phi) is 3.91. The molecule has 0 unspecified atom stereocenters. The van der Waals surface area contributed by atoms with Gasteiger partial charge in [0.2, 0.25) is 0 Å². The maximum atomic E-state index is 12.7. The minimum Gasteiger partial charge on any atom is -0.490 e. The average molecular weight is 378 g/mol. The molecule has 0 saturated heterocycles. The number of rotatable bonds is 5. The number of carbonyl (C=O) groups excluding carboxylic acids is 2. The van der Waals surface area contributed by atoms with Gasteiger partial charge in [-0.05, 0) is 56.4 Å². The summed E-state index contributed by atoms with van der Waals surface area (Å²) in [4.78, 5) is 28.7. The van der Waals surface area contributed by atoms with Crippen molar-refractivity contribution in [3.05, 3.63) is 40.5 Å². The molecule has 1 aromatic heterocycles. The molecule has 0 spiro atoms. The summed E-state index contributed by atoms with van der Waals surface area (Å²) in [6.07, 6.45) is 2.88. The monoisotopic (exact) mass is 378 g/mol. The first kappa shape index (κ1) is 17.3. The summed E-state index contributed by atoms with van der Waals surface area (Å²) >= 11 is 0. The van der Waals surface area contributed by atoms with Crippen molar-refractivity contribution in [1.29, 1.82) is 0 Å². The van der Waals surface area contributed by atoms with Gasteiger partial charge in [0.15, 0.2) is 0 Å². The molecular formula is C22H22N2O4. The maximum Gasteiger partial charge on any atom is 0.259 e. The summed E-state index contributed by atoms with van der Waals surface area (Å²) in [7, 11) is 0. The van der Waals surface area contributed by atoms with E-state index in [9.17, 15) is 9.59 Å². The van der Waals surface area contributed by atoms with E-state index >= 15 is 0 Å². The van der Waals surface area contributed by atoms with Gasteiger partial charge < -0.3 is 14.5 Å². The molecule has 0 bridgehead atoms. The molecule has 2 aromatic carbocycles. The Morgan fingerprint density at radius 1 is 1.00 bits per heavy atom. The van der Waals surface area contributed by atoms with Crippen LogP contribution in [-0.2, 0) is 17.6 Å². The molecule has 2 N–H and O–H groups in total. The zero-order valence-electron chi connectivity index (χ0n) is 16.0. The summed E-state index contributed by atoms with van der Waals surface area (Å²) < 4.78 is 11.6. The second-order valence-corrected chi connectivity index (χ2v) is 7.67. The van der Waals surface area contributed by atoms with Crippen LogP contribution in [0.15, 0.2) is 18.2 Å². The SMILES string of the molecule is CC(C)OCCOc1cccc2[nH]c3c4c(c5c(c3c12)C(=O)NC5=O)CCC4. The Labute approximate surface area is 162 Å². The molecular weight excluding hydrogens is 356 g/mol. The number of hydrogen-bond acceptors (Lipinski definition) is 4. The third-order valence-electron chi connectivity index (χ3n) is 5.58. The van der Waals surface area contributed by atoms with Gasteiger partial charge in [0, 0.05) is 5.39 Å². The quantitative estimate of drug-likeness (QED) is 0.526. The summed E-state index contributed by atoms with van der Waals surface area (Å²) in [5.74, 6) is 0.0973. The van der Waals surface area contributed by atoms with Crippen LogP contribution in [0, 0.1) is 0 Å². The van der Waals surface area contributed by atoms with Crippen molar-refractivity contribution in [2.75, 3.05) is 13.2 Å². The average Bonchev–Trinajstić information content (AvgIpc) is 3.34. The number of aromatic nitrogens is 1. The molecule has 2 amide bonds.